The van der Waals surface area contributed by atoms with Crippen LogP contribution >= 0.6 is 0 Å². The zero-order chi connectivity index (χ0) is 15.2. The molecule has 1 fully saturated rings. The summed E-state index contributed by atoms with van der Waals surface area (Å²) >= 11 is 0. The van der Waals surface area contributed by atoms with E-state index in [2.05, 4.69) is 13.8 Å². The van der Waals surface area contributed by atoms with Crippen LogP contribution in [0.4, 0.5) is 0 Å². The Kier molecular flexibility index (Phi) is 5.62. The maximum atomic E-state index is 12.7. The zero-order valence-corrected chi connectivity index (χ0v) is 13.0. The van der Waals surface area contributed by atoms with Gasteiger partial charge in [-0.25, -0.2) is 0 Å². The van der Waals surface area contributed by atoms with E-state index in [1.165, 1.54) is 0 Å². The number of nitrogens with zero attached hydrogens (tertiary/aromatic N) is 1. The molecule has 1 aliphatic rings. The summed E-state index contributed by atoms with van der Waals surface area (Å²) in [6, 6.07) is 7.62. The van der Waals surface area contributed by atoms with E-state index in [0.717, 1.165) is 31.6 Å². The average molecular weight is 290 g/mol. The fourth-order valence-corrected chi connectivity index (χ4v) is 2.85. The Morgan fingerprint density at radius 1 is 1.48 bits per heavy atom. The third kappa shape index (κ3) is 3.97. The Labute approximate surface area is 127 Å². The molecular weight excluding hydrogens is 264 g/mol. The predicted octanol–water partition coefficient (Wildman–Crippen LogP) is 2.67. The molecule has 21 heavy (non-hydrogen) atoms. The van der Waals surface area contributed by atoms with E-state index in [9.17, 15) is 4.79 Å². The van der Waals surface area contributed by atoms with E-state index in [1.807, 2.05) is 29.2 Å². The van der Waals surface area contributed by atoms with Crippen LogP contribution in [0.15, 0.2) is 24.3 Å². The molecule has 0 spiro atoms. The Morgan fingerprint density at radius 2 is 2.29 bits per heavy atom. The van der Waals surface area contributed by atoms with Crippen LogP contribution in [0, 0.1) is 5.92 Å². The lowest BCUT2D eigenvalue weighted by Crippen LogP contribution is -2.49. The molecule has 1 amide bonds. The van der Waals surface area contributed by atoms with Crippen LogP contribution in [0.5, 0.6) is 5.75 Å². The maximum Gasteiger partial charge on any atom is 0.254 e. The first-order chi connectivity index (χ1) is 10.2. The highest BCUT2D eigenvalue weighted by atomic mass is 16.5. The van der Waals surface area contributed by atoms with Gasteiger partial charge in [0.2, 0.25) is 0 Å². The molecular formula is C17H26N2O2. The van der Waals surface area contributed by atoms with E-state index in [4.69, 9.17) is 10.5 Å². The number of likely N-dealkylation sites (tertiary alicyclic amines) is 1. The zero-order valence-electron chi connectivity index (χ0n) is 13.0. The van der Waals surface area contributed by atoms with Crippen molar-refractivity contribution in [3.05, 3.63) is 29.8 Å². The molecule has 4 heteroatoms. The molecule has 0 saturated carbocycles. The number of carbonyl (C=O) groups is 1. The molecule has 1 aromatic rings. The van der Waals surface area contributed by atoms with Gasteiger partial charge in [0.05, 0.1) is 6.61 Å². The van der Waals surface area contributed by atoms with E-state index in [1.54, 1.807) is 0 Å². The molecule has 1 aliphatic heterocycles. The minimum Gasteiger partial charge on any atom is -0.494 e. The van der Waals surface area contributed by atoms with Gasteiger partial charge in [-0.15, -0.1) is 0 Å². The second kappa shape index (κ2) is 7.46. The van der Waals surface area contributed by atoms with Gasteiger partial charge >= 0.3 is 0 Å². The smallest absolute Gasteiger partial charge is 0.254 e. The van der Waals surface area contributed by atoms with Gasteiger partial charge in [0.25, 0.3) is 5.91 Å². The molecule has 2 unspecified atom stereocenters. The summed E-state index contributed by atoms with van der Waals surface area (Å²) in [5.41, 5.74) is 6.54. The van der Waals surface area contributed by atoms with Crippen molar-refractivity contribution < 1.29 is 9.53 Å². The van der Waals surface area contributed by atoms with Crippen LogP contribution in [0.2, 0.25) is 0 Å². The van der Waals surface area contributed by atoms with Gasteiger partial charge in [-0.05, 0) is 43.4 Å². The lowest BCUT2D eigenvalue weighted by molar-refractivity contribution is 0.0573. The number of rotatable bonds is 5. The van der Waals surface area contributed by atoms with Crippen molar-refractivity contribution in [2.24, 2.45) is 11.7 Å². The van der Waals surface area contributed by atoms with Crippen LogP contribution in [0.3, 0.4) is 0 Å². The molecule has 2 rings (SSSR count). The van der Waals surface area contributed by atoms with Gasteiger partial charge in [-0.2, -0.15) is 0 Å². The van der Waals surface area contributed by atoms with E-state index < -0.39 is 0 Å². The molecule has 2 atom stereocenters. The molecule has 0 aliphatic carbocycles. The number of hydrogen-bond acceptors (Lipinski definition) is 3. The summed E-state index contributed by atoms with van der Waals surface area (Å²) in [6.07, 6.45) is 3.00. The number of benzene rings is 1. The molecule has 4 nitrogen and oxygen atoms in total. The Morgan fingerprint density at radius 3 is 3.00 bits per heavy atom. The van der Waals surface area contributed by atoms with Crippen molar-refractivity contribution in [3.8, 4) is 5.75 Å². The molecule has 1 aromatic carbocycles. The van der Waals surface area contributed by atoms with Crippen LogP contribution in [0.1, 0.15) is 43.5 Å². The monoisotopic (exact) mass is 290 g/mol. The Hall–Kier alpha value is -1.55. The summed E-state index contributed by atoms with van der Waals surface area (Å²) in [5, 5.41) is 0. The molecule has 0 bridgehead atoms. The van der Waals surface area contributed by atoms with Crippen molar-refractivity contribution in [1.29, 1.82) is 0 Å². The van der Waals surface area contributed by atoms with Crippen LogP contribution in [-0.4, -0.2) is 36.5 Å². The molecule has 2 N–H and O–H groups in total. The minimum absolute atomic E-state index is 0.0688. The SMILES string of the molecule is CCCOc1cccc(C(=O)N2CCC(C)CC2CN)c1. The number of hydrogen-bond donors (Lipinski definition) is 1. The first kappa shape index (κ1) is 15.8. The number of amides is 1. The van der Waals surface area contributed by atoms with Crippen LogP contribution in [-0.2, 0) is 0 Å². The lowest BCUT2D eigenvalue weighted by Gasteiger charge is -2.38. The number of piperidine rings is 1. The second-order valence-electron chi connectivity index (χ2n) is 5.89. The predicted molar refractivity (Wildman–Crippen MR) is 84.5 cm³/mol. The van der Waals surface area contributed by atoms with Crippen molar-refractivity contribution in [2.75, 3.05) is 19.7 Å². The van der Waals surface area contributed by atoms with Gasteiger partial charge in [0.15, 0.2) is 0 Å². The largest absolute Gasteiger partial charge is 0.494 e. The third-order valence-electron chi connectivity index (χ3n) is 4.06. The summed E-state index contributed by atoms with van der Waals surface area (Å²) < 4.78 is 5.61. The van der Waals surface area contributed by atoms with E-state index in [-0.39, 0.29) is 11.9 Å². The highest BCUT2D eigenvalue weighted by Crippen LogP contribution is 2.24. The van der Waals surface area contributed by atoms with Crippen molar-refractivity contribution in [3.63, 3.8) is 0 Å². The summed E-state index contributed by atoms with van der Waals surface area (Å²) in [4.78, 5) is 14.6. The van der Waals surface area contributed by atoms with Crippen molar-refractivity contribution in [1.82, 2.24) is 4.90 Å². The topological polar surface area (TPSA) is 55.6 Å². The van der Waals surface area contributed by atoms with Crippen molar-refractivity contribution in [2.45, 2.75) is 39.2 Å². The Balaban J connectivity index is 2.11. The van der Waals surface area contributed by atoms with E-state index in [0.29, 0.717) is 24.6 Å². The number of carbonyl (C=O) groups excluding carboxylic acids is 1. The van der Waals surface area contributed by atoms with Gasteiger partial charge in [-0.3, -0.25) is 4.79 Å². The second-order valence-corrected chi connectivity index (χ2v) is 5.89. The van der Waals surface area contributed by atoms with Gasteiger partial charge in [0.1, 0.15) is 5.75 Å². The molecule has 0 radical (unpaired) electrons. The fourth-order valence-electron chi connectivity index (χ4n) is 2.85. The molecule has 1 heterocycles. The van der Waals surface area contributed by atoms with Crippen LogP contribution in [0.25, 0.3) is 0 Å². The Bertz CT molecular complexity index is 476. The molecule has 0 aromatic heterocycles. The van der Waals surface area contributed by atoms with Crippen LogP contribution < -0.4 is 10.5 Å². The summed E-state index contributed by atoms with van der Waals surface area (Å²) in [5.74, 6) is 1.47. The number of nitrogens with two attached hydrogens (primary N) is 1. The summed E-state index contributed by atoms with van der Waals surface area (Å²) in [7, 11) is 0. The summed E-state index contributed by atoms with van der Waals surface area (Å²) in [6.45, 7) is 6.29. The average Bonchev–Trinajstić information content (AvgIpc) is 2.52. The first-order valence-corrected chi connectivity index (χ1v) is 7.89. The lowest BCUT2D eigenvalue weighted by atomic mass is 9.92. The quantitative estimate of drug-likeness (QED) is 0.907. The molecule has 116 valence electrons. The third-order valence-corrected chi connectivity index (χ3v) is 4.06. The van der Waals surface area contributed by atoms with E-state index >= 15 is 0 Å². The highest BCUT2D eigenvalue weighted by molar-refractivity contribution is 5.94. The first-order valence-electron chi connectivity index (χ1n) is 7.89. The molecule has 1 saturated heterocycles. The van der Waals surface area contributed by atoms with Gasteiger partial charge in [0, 0.05) is 24.7 Å². The highest BCUT2D eigenvalue weighted by Gasteiger charge is 2.29. The van der Waals surface area contributed by atoms with Crippen molar-refractivity contribution >= 4 is 5.91 Å². The standard InChI is InChI=1S/C17H26N2O2/c1-3-9-21-16-6-4-5-14(11-16)17(20)19-8-7-13(2)10-15(19)12-18/h4-6,11,13,15H,3,7-10,12,18H2,1-2H3. The van der Waals surface area contributed by atoms with Gasteiger partial charge < -0.3 is 15.4 Å². The minimum atomic E-state index is 0.0688. The van der Waals surface area contributed by atoms with Gasteiger partial charge in [-0.1, -0.05) is 19.9 Å². The maximum absolute atomic E-state index is 12.7. The fraction of sp³-hybridized carbons (Fsp3) is 0.588. The number of ether oxygens (including phenoxy) is 1. The normalized spacial score (nSPS) is 22.1.